The minimum absolute atomic E-state index is 0.150. The number of nitrogens with zero attached hydrogens (tertiary/aromatic N) is 5. The van der Waals surface area contributed by atoms with Crippen molar-refractivity contribution < 1.29 is 14.6 Å². The highest BCUT2D eigenvalue weighted by Gasteiger charge is 2.43. The summed E-state index contributed by atoms with van der Waals surface area (Å²) in [4.78, 5) is 21.1. The molecule has 1 aliphatic heterocycles. The van der Waals surface area contributed by atoms with E-state index in [0.717, 1.165) is 24.0 Å². The van der Waals surface area contributed by atoms with Gasteiger partial charge in [-0.25, -0.2) is 9.78 Å². The van der Waals surface area contributed by atoms with E-state index >= 15 is 0 Å². The highest BCUT2D eigenvalue weighted by molar-refractivity contribution is 5.77. The molecular weight excluding hydrogens is 384 g/mol. The van der Waals surface area contributed by atoms with Crippen molar-refractivity contribution in [2.45, 2.75) is 58.9 Å². The lowest BCUT2D eigenvalue weighted by Crippen LogP contribution is -2.22. The van der Waals surface area contributed by atoms with E-state index in [2.05, 4.69) is 46.9 Å². The molecule has 160 valence electrons. The van der Waals surface area contributed by atoms with Gasteiger partial charge in [-0.15, -0.1) is 0 Å². The summed E-state index contributed by atoms with van der Waals surface area (Å²) in [6, 6.07) is 1.38. The van der Waals surface area contributed by atoms with Crippen LogP contribution in [0.5, 0.6) is 0 Å². The van der Waals surface area contributed by atoms with E-state index in [1.807, 2.05) is 6.07 Å². The van der Waals surface area contributed by atoms with Gasteiger partial charge in [0.15, 0.2) is 6.04 Å². The molecule has 9 nitrogen and oxygen atoms in total. The molecule has 1 aliphatic rings. The van der Waals surface area contributed by atoms with Crippen LogP contribution in [0.15, 0.2) is 30.9 Å². The van der Waals surface area contributed by atoms with E-state index in [9.17, 15) is 9.90 Å². The van der Waals surface area contributed by atoms with Crippen LogP contribution in [0, 0.1) is 11.8 Å². The summed E-state index contributed by atoms with van der Waals surface area (Å²) in [7, 11) is 0. The van der Waals surface area contributed by atoms with Crippen molar-refractivity contribution in [3.05, 3.63) is 30.9 Å². The third kappa shape index (κ3) is 4.02. The van der Waals surface area contributed by atoms with Crippen molar-refractivity contribution in [2.75, 3.05) is 5.32 Å². The minimum Gasteiger partial charge on any atom is -0.432 e. The van der Waals surface area contributed by atoms with E-state index < -0.39 is 17.8 Å². The number of hydrogen-bond acceptors (Lipinski definition) is 7. The average molecular weight is 412 g/mol. The zero-order chi connectivity index (χ0) is 21.5. The molecule has 0 spiro atoms. The maximum atomic E-state index is 12.0. The highest BCUT2D eigenvalue weighted by Crippen LogP contribution is 2.32. The molecule has 0 aliphatic carbocycles. The SMILES string of the molecule is CC[C@H](Cn1ccc2cnc(Nc3cnn(C4CC(C)(O)OC4=O)c3)nc21)C(C)C. The van der Waals surface area contributed by atoms with Crippen LogP contribution in [0.4, 0.5) is 11.6 Å². The molecule has 30 heavy (non-hydrogen) atoms. The van der Waals surface area contributed by atoms with Crippen LogP contribution in [0.1, 0.15) is 46.6 Å². The van der Waals surface area contributed by atoms with Crippen molar-refractivity contribution in [2.24, 2.45) is 11.8 Å². The number of anilines is 2. The maximum absolute atomic E-state index is 12.0. The largest absolute Gasteiger partial charge is 0.432 e. The first-order valence-electron chi connectivity index (χ1n) is 10.3. The lowest BCUT2D eigenvalue weighted by atomic mass is 9.93. The monoisotopic (exact) mass is 412 g/mol. The van der Waals surface area contributed by atoms with Gasteiger partial charge >= 0.3 is 5.97 Å². The number of hydrogen-bond donors (Lipinski definition) is 2. The molecule has 9 heteroatoms. The third-order valence-electron chi connectivity index (χ3n) is 5.74. The zero-order valence-corrected chi connectivity index (χ0v) is 17.7. The quantitative estimate of drug-likeness (QED) is 0.574. The van der Waals surface area contributed by atoms with Gasteiger partial charge in [0.25, 0.3) is 0 Å². The molecular formula is C21H28N6O3. The second-order valence-corrected chi connectivity index (χ2v) is 8.50. The lowest BCUT2D eigenvalue weighted by molar-refractivity contribution is -0.181. The Balaban J connectivity index is 1.53. The van der Waals surface area contributed by atoms with E-state index in [0.29, 0.717) is 23.5 Å². The summed E-state index contributed by atoms with van der Waals surface area (Å²) in [5.41, 5.74) is 1.54. The van der Waals surface area contributed by atoms with Crippen molar-refractivity contribution in [1.82, 2.24) is 24.3 Å². The molecule has 3 atom stereocenters. The van der Waals surface area contributed by atoms with Gasteiger partial charge in [-0.1, -0.05) is 27.2 Å². The summed E-state index contributed by atoms with van der Waals surface area (Å²) >= 11 is 0. The number of ether oxygens (including phenoxy) is 1. The minimum atomic E-state index is -1.47. The van der Waals surface area contributed by atoms with Crippen LogP contribution < -0.4 is 5.32 Å². The summed E-state index contributed by atoms with van der Waals surface area (Å²) in [5, 5.41) is 18.3. The second-order valence-electron chi connectivity index (χ2n) is 8.50. The van der Waals surface area contributed by atoms with Crippen molar-refractivity contribution in [3.8, 4) is 0 Å². The van der Waals surface area contributed by atoms with Crippen LogP contribution in [-0.4, -0.2) is 41.2 Å². The summed E-state index contributed by atoms with van der Waals surface area (Å²) in [6.45, 7) is 9.09. The number of nitrogens with one attached hydrogen (secondary N) is 1. The molecule has 3 aromatic heterocycles. The van der Waals surface area contributed by atoms with Crippen LogP contribution >= 0.6 is 0 Å². The molecule has 3 aromatic rings. The smallest absolute Gasteiger partial charge is 0.333 e. The maximum Gasteiger partial charge on any atom is 0.333 e. The molecule has 0 amide bonds. The van der Waals surface area contributed by atoms with Crippen LogP contribution in [-0.2, 0) is 16.1 Å². The first kappa shape index (κ1) is 20.3. The Morgan fingerprint density at radius 3 is 2.87 bits per heavy atom. The van der Waals surface area contributed by atoms with E-state index in [1.165, 1.54) is 11.6 Å². The number of fused-ring (bicyclic) bond motifs is 1. The van der Waals surface area contributed by atoms with E-state index in [1.54, 1.807) is 18.6 Å². The molecule has 4 heterocycles. The number of aromatic nitrogens is 5. The Kier molecular flexibility index (Phi) is 5.23. The highest BCUT2D eigenvalue weighted by atomic mass is 16.7. The predicted octanol–water partition coefficient (Wildman–Crippen LogP) is 3.25. The molecule has 4 rings (SSSR count). The number of cyclic esters (lactones) is 1. The van der Waals surface area contributed by atoms with Gasteiger partial charge in [0.05, 0.1) is 11.9 Å². The number of carbonyl (C=O) groups excluding carboxylic acids is 1. The van der Waals surface area contributed by atoms with Gasteiger partial charge in [0, 0.05) is 43.9 Å². The zero-order valence-electron chi connectivity index (χ0n) is 17.7. The van der Waals surface area contributed by atoms with Gasteiger partial charge in [0.2, 0.25) is 11.7 Å². The standard InChI is InChI=1S/C21H28N6O3/c1-5-14(13(2)3)11-26-7-6-15-9-22-20(25-18(15)26)24-16-10-23-27(12-16)17-8-21(4,29)30-19(17)28/h6-7,9-10,12-14,17,29H,5,8,11H2,1-4H3,(H,22,24,25)/t14-,17?,21?/m1/s1. The number of carbonyl (C=O) groups is 1. The predicted molar refractivity (Wildman–Crippen MR) is 112 cm³/mol. The van der Waals surface area contributed by atoms with E-state index in [-0.39, 0.29) is 6.42 Å². The normalized spacial score (nSPS) is 22.6. The van der Waals surface area contributed by atoms with Gasteiger partial charge in [-0.3, -0.25) is 4.68 Å². The molecule has 0 aromatic carbocycles. The lowest BCUT2D eigenvalue weighted by Gasteiger charge is -2.20. The molecule has 0 saturated carbocycles. The van der Waals surface area contributed by atoms with Crippen LogP contribution in [0.25, 0.3) is 11.0 Å². The van der Waals surface area contributed by atoms with Crippen molar-refractivity contribution >= 4 is 28.6 Å². The first-order valence-corrected chi connectivity index (χ1v) is 10.3. The van der Waals surface area contributed by atoms with Crippen molar-refractivity contribution in [3.63, 3.8) is 0 Å². The summed E-state index contributed by atoms with van der Waals surface area (Å²) in [6.07, 6.45) is 8.41. The molecule has 0 radical (unpaired) electrons. The number of aliphatic hydroxyl groups is 1. The molecule has 2 unspecified atom stereocenters. The molecule has 0 bridgehead atoms. The molecule has 2 N–H and O–H groups in total. The fourth-order valence-electron chi connectivity index (χ4n) is 3.91. The first-order chi connectivity index (χ1) is 14.3. The fourth-order valence-corrected chi connectivity index (χ4v) is 3.91. The Labute approximate surface area is 175 Å². The van der Waals surface area contributed by atoms with E-state index in [4.69, 9.17) is 9.72 Å². The topological polar surface area (TPSA) is 107 Å². The summed E-state index contributed by atoms with van der Waals surface area (Å²) in [5.74, 6) is -0.330. The third-order valence-corrected chi connectivity index (χ3v) is 5.74. The Morgan fingerprint density at radius 2 is 2.20 bits per heavy atom. The van der Waals surface area contributed by atoms with Gasteiger partial charge in [-0.2, -0.15) is 10.1 Å². The fraction of sp³-hybridized carbons (Fsp3) is 0.524. The van der Waals surface area contributed by atoms with Gasteiger partial charge < -0.3 is 19.7 Å². The van der Waals surface area contributed by atoms with Crippen molar-refractivity contribution in [1.29, 1.82) is 0 Å². The molecule has 1 fully saturated rings. The van der Waals surface area contributed by atoms with Crippen LogP contribution in [0.2, 0.25) is 0 Å². The number of esters is 1. The van der Waals surface area contributed by atoms with Crippen LogP contribution in [0.3, 0.4) is 0 Å². The van der Waals surface area contributed by atoms with Gasteiger partial charge in [-0.05, 0) is 17.9 Å². The average Bonchev–Trinajstić information content (AvgIpc) is 3.36. The Bertz CT molecular complexity index is 1050. The Morgan fingerprint density at radius 1 is 1.40 bits per heavy atom. The van der Waals surface area contributed by atoms with Gasteiger partial charge in [0.1, 0.15) is 5.65 Å². The number of rotatable bonds is 7. The second kappa shape index (κ2) is 7.71. The summed E-state index contributed by atoms with van der Waals surface area (Å²) < 4.78 is 8.63. The molecule has 1 saturated heterocycles. The Hall–Kier alpha value is -2.94.